The first-order chi connectivity index (χ1) is 7.13. The standard InChI is InChI=1S/C11H14N4/c1-8(2)5-6-14-11-4-3-9(13)10(7-12)15-11/h3-5H,6,13H2,1-2H3,(H,14,15). The van der Waals surface area contributed by atoms with Crippen LogP contribution in [-0.4, -0.2) is 11.5 Å². The van der Waals surface area contributed by atoms with E-state index in [9.17, 15) is 0 Å². The maximum absolute atomic E-state index is 8.72. The van der Waals surface area contributed by atoms with Crippen molar-refractivity contribution in [1.29, 1.82) is 5.26 Å². The van der Waals surface area contributed by atoms with Crippen molar-refractivity contribution in [1.82, 2.24) is 4.98 Å². The summed E-state index contributed by atoms with van der Waals surface area (Å²) in [7, 11) is 0. The maximum atomic E-state index is 8.72. The lowest BCUT2D eigenvalue weighted by atomic mass is 10.3. The van der Waals surface area contributed by atoms with Gasteiger partial charge in [-0.3, -0.25) is 0 Å². The zero-order valence-corrected chi connectivity index (χ0v) is 8.91. The minimum absolute atomic E-state index is 0.261. The molecule has 0 amide bonds. The van der Waals surface area contributed by atoms with E-state index in [-0.39, 0.29) is 5.69 Å². The van der Waals surface area contributed by atoms with Crippen LogP contribution in [0.15, 0.2) is 23.8 Å². The van der Waals surface area contributed by atoms with Crippen molar-refractivity contribution < 1.29 is 0 Å². The van der Waals surface area contributed by atoms with Crippen LogP contribution in [0.25, 0.3) is 0 Å². The van der Waals surface area contributed by atoms with Gasteiger partial charge in [0.2, 0.25) is 0 Å². The number of nitrogens with zero attached hydrogens (tertiary/aromatic N) is 2. The normalized spacial score (nSPS) is 9.13. The summed E-state index contributed by atoms with van der Waals surface area (Å²) in [6.45, 7) is 4.75. The molecule has 1 aromatic rings. The van der Waals surface area contributed by atoms with Crippen LogP contribution in [0.4, 0.5) is 11.5 Å². The molecule has 0 saturated heterocycles. The molecule has 1 rings (SSSR count). The van der Waals surface area contributed by atoms with Crippen LogP contribution in [0, 0.1) is 11.3 Å². The Bertz CT molecular complexity index is 411. The van der Waals surface area contributed by atoms with E-state index >= 15 is 0 Å². The van der Waals surface area contributed by atoms with Crippen LogP contribution < -0.4 is 11.1 Å². The number of nitrogen functional groups attached to an aromatic ring is 1. The van der Waals surface area contributed by atoms with Gasteiger partial charge in [0, 0.05) is 6.54 Å². The number of anilines is 2. The number of allylic oxidation sites excluding steroid dienone is 1. The van der Waals surface area contributed by atoms with Gasteiger partial charge in [-0.1, -0.05) is 11.6 Å². The van der Waals surface area contributed by atoms with Crippen molar-refractivity contribution >= 4 is 11.5 Å². The van der Waals surface area contributed by atoms with Crippen molar-refractivity contribution in [3.63, 3.8) is 0 Å². The number of hydrogen-bond donors (Lipinski definition) is 2. The Morgan fingerprint density at radius 2 is 2.33 bits per heavy atom. The molecule has 4 nitrogen and oxygen atoms in total. The maximum Gasteiger partial charge on any atom is 0.165 e. The zero-order chi connectivity index (χ0) is 11.3. The van der Waals surface area contributed by atoms with Gasteiger partial charge < -0.3 is 11.1 Å². The number of hydrogen-bond acceptors (Lipinski definition) is 4. The van der Waals surface area contributed by atoms with E-state index in [1.807, 2.05) is 26.0 Å². The van der Waals surface area contributed by atoms with Gasteiger partial charge >= 0.3 is 0 Å². The van der Waals surface area contributed by atoms with Crippen LogP contribution in [0.3, 0.4) is 0 Å². The molecule has 0 aliphatic rings. The molecule has 0 spiro atoms. The van der Waals surface area contributed by atoms with Crippen molar-refractivity contribution in [2.45, 2.75) is 13.8 Å². The van der Waals surface area contributed by atoms with Crippen LogP contribution in [0.5, 0.6) is 0 Å². The molecule has 15 heavy (non-hydrogen) atoms. The first-order valence-electron chi connectivity index (χ1n) is 4.67. The van der Waals surface area contributed by atoms with E-state index in [2.05, 4.69) is 10.3 Å². The molecule has 1 aromatic heterocycles. The lowest BCUT2D eigenvalue weighted by Crippen LogP contribution is -2.03. The van der Waals surface area contributed by atoms with Gasteiger partial charge in [0.25, 0.3) is 0 Å². The Morgan fingerprint density at radius 3 is 2.93 bits per heavy atom. The summed E-state index contributed by atoms with van der Waals surface area (Å²) in [5, 5.41) is 11.8. The highest BCUT2D eigenvalue weighted by Crippen LogP contribution is 2.11. The van der Waals surface area contributed by atoms with E-state index in [4.69, 9.17) is 11.0 Å². The Morgan fingerprint density at radius 1 is 1.60 bits per heavy atom. The molecule has 0 aliphatic heterocycles. The van der Waals surface area contributed by atoms with Gasteiger partial charge in [0.1, 0.15) is 11.9 Å². The molecule has 0 fully saturated rings. The molecular weight excluding hydrogens is 188 g/mol. The topological polar surface area (TPSA) is 74.7 Å². The molecule has 78 valence electrons. The number of nitrogens with two attached hydrogens (primary N) is 1. The smallest absolute Gasteiger partial charge is 0.165 e. The molecule has 3 N–H and O–H groups in total. The number of rotatable bonds is 3. The summed E-state index contributed by atoms with van der Waals surface area (Å²) in [5.41, 5.74) is 7.46. The van der Waals surface area contributed by atoms with E-state index in [1.54, 1.807) is 12.1 Å². The number of pyridine rings is 1. The molecular formula is C11H14N4. The highest BCUT2D eigenvalue weighted by molar-refractivity contribution is 5.54. The third kappa shape index (κ3) is 3.31. The van der Waals surface area contributed by atoms with E-state index < -0.39 is 0 Å². The third-order valence-corrected chi connectivity index (χ3v) is 1.83. The first-order valence-corrected chi connectivity index (χ1v) is 4.67. The number of nitrogens with one attached hydrogen (secondary N) is 1. The summed E-state index contributed by atoms with van der Waals surface area (Å²) in [5.74, 6) is 0.665. The highest BCUT2D eigenvalue weighted by atomic mass is 15.0. The first kappa shape index (κ1) is 11.1. The second-order valence-corrected chi connectivity index (χ2v) is 3.41. The Balaban J connectivity index is 2.72. The van der Waals surface area contributed by atoms with E-state index in [0.717, 1.165) is 0 Å². The summed E-state index contributed by atoms with van der Waals surface area (Å²) in [4.78, 5) is 4.06. The van der Waals surface area contributed by atoms with Crippen LogP contribution >= 0.6 is 0 Å². The van der Waals surface area contributed by atoms with Crippen molar-refractivity contribution in [3.8, 4) is 6.07 Å². The van der Waals surface area contributed by atoms with Crippen molar-refractivity contribution in [3.05, 3.63) is 29.5 Å². The quantitative estimate of drug-likeness (QED) is 0.734. The predicted molar refractivity (Wildman–Crippen MR) is 61.3 cm³/mol. The second kappa shape index (κ2) is 5.01. The van der Waals surface area contributed by atoms with Crippen LogP contribution in [-0.2, 0) is 0 Å². The lowest BCUT2D eigenvalue weighted by molar-refractivity contribution is 1.19. The van der Waals surface area contributed by atoms with E-state index in [1.165, 1.54) is 5.57 Å². The Labute approximate surface area is 89.4 Å². The van der Waals surface area contributed by atoms with Gasteiger partial charge in [0.15, 0.2) is 5.69 Å². The van der Waals surface area contributed by atoms with Gasteiger partial charge in [-0.05, 0) is 26.0 Å². The van der Waals surface area contributed by atoms with Gasteiger partial charge in [-0.2, -0.15) is 5.26 Å². The summed E-state index contributed by atoms with van der Waals surface area (Å²) in [6, 6.07) is 5.38. The molecule has 0 unspecified atom stereocenters. The van der Waals surface area contributed by atoms with Crippen molar-refractivity contribution in [2.24, 2.45) is 0 Å². The van der Waals surface area contributed by atoms with Crippen LogP contribution in [0.1, 0.15) is 19.5 Å². The van der Waals surface area contributed by atoms with Gasteiger partial charge in [-0.25, -0.2) is 4.98 Å². The molecule has 0 radical (unpaired) electrons. The third-order valence-electron chi connectivity index (χ3n) is 1.83. The zero-order valence-electron chi connectivity index (χ0n) is 8.91. The lowest BCUT2D eigenvalue weighted by Gasteiger charge is -2.04. The van der Waals surface area contributed by atoms with Gasteiger partial charge in [0.05, 0.1) is 5.69 Å². The number of aromatic nitrogens is 1. The molecule has 0 aromatic carbocycles. The largest absolute Gasteiger partial charge is 0.396 e. The molecule has 1 heterocycles. The second-order valence-electron chi connectivity index (χ2n) is 3.41. The Hall–Kier alpha value is -2.02. The molecule has 0 atom stereocenters. The summed E-state index contributed by atoms with van der Waals surface area (Å²) < 4.78 is 0. The average Bonchev–Trinajstić information content (AvgIpc) is 2.20. The monoisotopic (exact) mass is 202 g/mol. The highest BCUT2D eigenvalue weighted by Gasteiger charge is 2.00. The predicted octanol–water partition coefficient (Wildman–Crippen LogP) is 1.91. The summed E-state index contributed by atoms with van der Waals surface area (Å²) in [6.07, 6.45) is 2.05. The van der Waals surface area contributed by atoms with Crippen molar-refractivity contribution in [2.75, 3.05) is 17.6 Å². The average molecular weight is 202 g/mol. The minimum atomic E-state index is 0.261. The fraction of sp³-hybridized carbons (Fsp3) is 0.273. The molecule has 0 aliphatic carbocycles. The molecule has 0 bridgehead atoms. The fourth-order valence-electron chi connectivity index (χ4n) is 1.02. The van der Waals surface area contributed by atoms with E-state index in [0.29, 0.717) is 18.1 Å². The van der Waals surface area contributed by atoms with Gasteiger partial charge in [-0.15, -0.1) is 0 Å². The van der Waals surface area contributed by atoms with Crippen LogP contribution in [0.2, 0.25) is 0 Å². The Kier molecular flexibility index (Phi) is 3.69. The SMILES string of the molecule is CC(C)=CCNc1ccc(N)c(C#N)n1. The molecule has 4 heteroatoms. The fourth-order valence-corrected chi connectivity index (χ4v) is 1.02. The molecule has 0 saturated carbocycles. The summed E-state index contributed by atoms with van der Waals surface area (Å²) >= 11 is 0. The minimum Gasteiger partial charge on any atom is -0.396 e. The number of nitriles is 1.